The van der Waals surface area contributed by atoms with Gasteiger partial charge in [0, 0.05) is 48.1 Å². The summed E-state index contributed by atoms with van der Waals surface area (Å²) in [5.41, 5.74) is 6.12. The number of pyridine rings is 1. The first-order valence-electron chi connectivity index (χ1n) is 11.8. The molecule has 0 radical (unpaired) electrons. The van der Waals surface area contributed by atoms with Crippen molar-refractivity contribution in [3.8, 4) is 22.5 Å². The number of fused-ring (bicyclic) bond motifs is 1. The number of amides is 1. The molecule has 0 bridgehead atoms. The molecule has 1 aromatic carbocycles. The highest BCUT2D eigenvalue weighted by Gasteiger charge is 2.28. The van der Waals surface area contributed by atoms with Crippen molar-refractivity contribution in [3.05, 3.63) is 65.7 Å². The average molecular weight is 459 g/mol. The number of aryl methyl sites for hydroxylation is 1. The highest BCUT2D eigenvalue weighted by atomic mass is 16.4. The van der Waals surface area contributed by atoms with Crippen molar-refractivity contribution in [1.29, 1.82) is 0 Å². The molecule has 0 spiro atoms. The summed E-state index contributed by atoms with van der Waals surface area (Å²) in [7, 11) is 3.85. The quantitative estimate of drug-likeness (QED) is 0.453. The van der Waals surface area contributed by atoms with Gasteiger partial charge in [-0.25, -0.2) is 0 Å². The number of furan rings is 1. The minimum Gasteiger partial charge on any atom is -0.460 e. The summed E-state index contributed by atoms with van der Waals surface area (Å²) >= 11 is 0. The zero-order chi connectivity index (χ0) is 23.7. The molecule has 176 valence electrons. The zero-order valence-electron chi connectivity index (χ0n) is 19.7. The van der Waals surface area contributed by atoms with Crippen LogP contribution in [0.5, 0.6) is 0 Å². The van der Waals surface area contributed by atoms with Crippen LogP contribution in [0.25, 0.3) is 22.5 Å². The second-order valence-electron chi connectivity index (χ2n) is 9.44. The average Bonchev–Trinajstić information content (AvgIpc) is 3.48. The minimum atomic E-state index is 0.185. The number of benzene rings is 1. The molecule has 1 N–H and O–H groups in total. The minimum absolute atomic E-state index is 0.185. The van der Waals surface area contributed by atoms with Crippen LogP contribution in [0, 0.1) is 0 Å². The van der Waals surface area contributed by atoms with Crippen molar-refractivity contribution in [1.82, 2.24) is 14.8 Å². The number of rotatable bonds is 5. The molecule has 2 aromatic heterocycles. The van der Waals surface area contributed by atoms with Gasteiger partial charge in [0.05, 0.1) is 12.3 Å². The largest absolute Gasteiger partial charge is 0.460 e. The van der Waals surface area contributed by atoms with Crippen molar-refractivity contribution >= 4 is 11.6 Å². The molecule has 34 heavy (non-hydrogen) atoms. The fourth-order valence-electron chi connectivity index (χ4n) is 5.07. The predicted octanol–water partition coefficient (Wildman–Crippen LogP) is 4.40. The molecule has 1 aliphatic carbocycles. The number of nitrogens with zero attached hydrogens (tertiary/aromatic N) is 4. The van der Waals surface area contributed by atoms with Gasteiger partial charge in [-0.3, -0.25) is 9.78 Å². The molecule has 7 nitrogen and oxygen atoms in total. The Morgan fingerprint density at radius 2 is 1.85 bits per heavy atom. The van der Waals surface area contributed by atoms with Crippen molar-refractivity contribution in [2.75, 3.05) is 33.7 Å². The Labute approximate surface area is 199 Å². The van der Waals surface area contributed by atoms with E-state index in [1.165, 1.54) is 5.56 Å². The van der Waals surface area contributed by atoms with Crippen LogP contribution in [-0.4, -0.2) is 65.3 Å². The lowest BCUT2D eigenvalue weighted by Gasteiger charge is -2.31. The maximum Gasteiger partial charge on any atom is 0.236 e. The zero-order valence-corrected chi connectivity index (χ0v) is 19.7. The number of likely N-dealkylation sites (N-methyl/N-ethyl adjacent to an activating group) is 1. The molecule has 0 saturated carbocycles. The van der Waals surface area contributed by atoms with Crippen LogP contribution in [0.15, 0.2) is 58.4 Å². The van der Waals surface area contributed by atoms with E-state index in [1.54, 1.807) is 12.4 Å². The molecule has 7 heteroatoms. The number of oxime groups is 1. The third kappa shape index (κ3) is 4.35. The molecule has 1 saturated heterocycles. The van der Waals surface area contributed by atoms with Gasteiger partial charge in [-0.1, -0.05) is 23.4 Å². The standard InChI is InChI=1S/C27H30N4O3/c1-30(2)17-26(32)31-13-9-18(10-14-31)25-16-23(27(34-25)19-7-11-28-12-8-19)21-3-5-22-20(15-21)4-6-24(22)29-33/h3,5,7-8,11-12,15-16,18,33H,4,6,9-10,13-14,17H2,1-2H3/b29-24+. The van der Waals surface area contributed by atoms with Crippen LogP contribution in [0.1, 0.15) is 42.1 Å². The van der Waals surface area contributed by atoms with Crippen molar-refractivity contribution in [3.63, 3.8) is 0 Å². The van der Waals surface area contributed by atoms with E-state index < -0.39 is 0 Å². The summed E-state index contributed by atoms with van der Waals surface area (Å²) in [6, 6.07) is 12.4. The summed E-state index contributed by atoms with van der Waals surface area (Å²) in [4.78, 5) is 20.5. The third-order valence-corrected chi connectivity index (χ3v) is 6.87. The van der Waals surface area contributed by atoms with Gasteiger partial charge in [0.15, 0.2) is 0 Å². The van der Waals surface area contributed by atoms with Crippen LogP contribution >= 0.6 is 0 Å². The highest BCUT2D eigenvalue weighted by Crippen LogP contribution is 2.41. The molecular weight excluding hydrogens is 428 g/mol. The molecule has 1 fully saturated rings. The Morgan fingerprint density at radius 1 is 1.09 bits per heavy atom. The Balaban J connectivity index is 1.45. The van der Waals surface area contributed by atoms with E-state index in [-0.39, 0.29) is 11.8 Å². The Morgan fingerprint density at radius 3 is 2.56 bits per heavy atom. The van der Waals surface area contributed by atoms with E-state index >= 15 is 0 Å². The number of carbonyl (C=O) groups excluding carboxylic acids is 1. The first-order valence-corrected chi connectivity index (χ1v) is 11.8. The number of aromatic nitrogens is 1. The SMILES string of the molecule is CN(C)CC(=O)N1CCC(c2cc(-c3ccc4c(c3)CC/C4=N\O)c(-c3ccncc3)o2)CC1. The van der Waals surface area contributed by atoms with Gasteiger partial charge >= 0.3 is 0 Å². The summed E-state index contributed by atoms with van der Waals surface area (Å²) in [5.74, 6) is 2.28. The first-order chi connectivity index (χ1) is 16.5. The monoisotopic (exact) mass is 458 g/mol. The molecule has 3 heterocycles. The number of likely N-dealkylation sites (tertiary alicyclic amines) is 1. The van der Waals surface area contributed by atoms with Crippen molar-refractivity contribution in [2.45, 2.75) is 31.6 Å². The van der Waals surface area contributed by atoms with Crippen LogP contribution in [0.4, 0.5) is 0 Å². The molecule has 1 amide bonds. The van der Waals surface area contributed by atoms with E-state index in [1.807, 2.05) is 42.1 Å². The molecule has 5 rings (SSSR count). The van der Waals surface area contributed by atoms with Crippen molar-refractivity contribution in [2.24, 2.45) is 5.16 Å². The summed E-state index contributed by atoms with van der Waals surface area (Å²) in [5, 5.41) is 12.7. The van der Waals surface area contributed by atoms with Gasteiger partial charge in [-0.2, -0.15) is 0 Å². The lowest BCUT2D eigenvalue weighted by Crippen LogP contribution is -2.42. The van der Waals surface area contributed by atoms with Crippen molar-refractivity contribution < 1.29 is 14.4 Å². The molecule has 0 unspecified atom stereocenters. The molecular formula is C27H30N4O3. The fraction of sp³-hybridized carbons (Fsp3) is 0.370. The summed E-state index contributed by atoms with van der Waals surface area (Å²) in [6.07, 6.45) is 6.97. The molecule has 1 aliphatic heterocycles. The van der Waals surface area contributed by atoms with Gasteiger partial charge < -0.3 is 19.4 Å². The van der Waals surface area contributed by atoms with E-state index in [9.17, 15) is 10.0 Å². The van der Waals surface area contributed by atoms with E-state index in [0.717, 1.165) is 78.3 Å². The number of piperidine rings is 1. The maximum absolute atomic E-state index is 12.4. The Hall–Kier alpha value is -3.45. The summed E-state index contributed by atoms with van der Waals surface area (Å²) in [6.45, 7) is 1.95. The van der Waals surface area contributed by atoms with Crippen LogP contribution in [0.2, 0.25) is 0 Å². The summed E-state index contributed by atoms with van der Waals surface area (Å²) < 4.78 is 6.51. The van der Waals surface area contributed by atoms with E-state index in [2.05, 4.69) is 28.3 Å². The number of hydrogen-bond acceptors (Lipinski definition) is 6. The smallest absolute Gasteiger partial charge is 0.236 e. The lowest BCUT2D eigenvalue weighted by atomic mass is 9.92. The van der Waals surface area contributed by atoms with Gasteiger partial charge in [0.25, 0.3) is 0 Å². The van der Waals surface area contributed by atoms with Crippen LogP contribution < -0.4 is 0 Å². The van der Waals surface area contributed by atoms with E-state index in [0.29, 0.717) is 6.54 Å². The first kappa shape index (κ1) is 22.3. The van der Waals surface area contributed by atoms with Crippen LogP contribution in [-0.2, 0) is 11.2 Å². The highest BCUT2D eigenvalue weighted by molar-refractivity contribution is 6.04. The Bertz CT molecular complexity index is 1210. The van der Waals surface area contributed by atoms with Crippen LogP contribution in [0.3, 0.4) is 0 Å². The van der Waals surface area contributed by atoms with E-state index in [4.69, 9.17) is 4.42 Å². The maximum atomic E-state index is 12.4. The van der Waals surface area contributed by atoms with Gasteiger partial charge in [-0.15, -0.1) is 0 Å². The second kappa shape index (κ2) is 9.43. The van der Waals surface area contributed by atoms with Gasteiger partial charge in [0.2, 0.25) is 5.91 Å². The molecule has 3 aromatic rings. The van der Waals surface area contributed by atoms with Gasteiger partial charge in [-0.05, 0) is 69.1 Å². The molecule has 0 atom stereocenters. The number of hydrogen-bond donors (Lipinski definition) is 1. The third-order valence-electron chi connectivity index (χ3n) is 6.87. The molecule has 2 aliphatic rings. The lowest BCUT2D eigenvalue weighted by molar-refractivity contribution is -0.132. The fourth-order valence-corrected chi connectivity index (χ4v) is 5.07. The Kier molecular flexibility index (Phi) is 6.20. The predicted molar refractivity (Wildman–Crippen MR) is 131 cm³/mol. The normalized spacial score (nSPS) is 17.5. The topological polar surface area (TPSA) is 82.2 Å². The van der Waals surface area contributed by atoms with Gasteiger partial charge in [0.1, 0.15) is 11.5 Å². The number of carbonyl (C=O) groups is 1. The second-order valence-corrected chi connectivity index (χ2v) is 9.44.